The number of benzene rings is 1. The zero-order valence-corrected chi connectivity index (χ0v) is 11.4. The highest BCUT2D eigenvalue weighted by molar-refractivity contribution is 5.44. The first kappa shape index (κ1) is 13.2. The molecule has 4 heteroatoms. The summed E-state index contributed by atoms with van der Waals surface area (Å²) in [6.45, 7) is 9.31. The van der Waals surface area contributed by atoms with Crippen LogP contribution < -0.4 is 15.0 Å². The van der Waals surface area contributed by atoms with Crippen molar-refractivity contribution in [2.45, 2.75) is 39.3 Å². The molecule has 100 valence electrons. The Morgan fingerprint density at radius 3 is 2.50 bits per heavy atom. The lowest BCUT2D eigenvalue weighted by Gasteiger charge is -2.24. The van der Waals surface area contributed by atoms with Gasteiger partial charge in [-0.15, -0.1) is 0 Å². The maximum Gasteiger partial charge on any atom is 0.161 e. The molecule has 1 heterocycles. The zero-order valence-electron chi connectivity index (χ0n) is 11.4. The van der Waals surface area contributed by atoms with Crippen molar-refractivity contribution in [1.29, 1.82) is 0 Å². The van der Waals surface area contributed by atoms with Crippen LogP contribution in [0, 0.1) is 0 Å². The van der Waals surface area contributed by atoms with Gasteiger partial charge in [0.05, 0.1) is 11.6 Å². The average molecular weight is 251 g/mol. The summed E-state index contributed by atoms with van der Waals surface area (Å²) in [5.41, 5.74) is 3.96. The summed E-state index contributed by atoms with van der Waals surface area (Å²) < 4.78 is 11.1. The maximum absolute atomic E-state index is 5.57. The van der Waals surface area contributed by atoms with E-state index in [2.05, 4.69) is 12.4 Å². The van der Waals surface area contributed by atoms with Crippen molar-refractivity contribution in [3.63, 3.8) is 0 Å². The summed E-state index contributed by atoms with van der Waals surface area (Å²) in [7, 11) is 0. The summed E-state index contributed by atoms with van der Waals surface area (Å²) in [6, 6.07) is 6.06. The van der Waals surface area contributed by atoms with Crippen LogP contribution in [0.3, 0.4) is 0 Å². The van der Waals surface area contributed by atoms with Gasteiger partial charge >= 0.3 is 0 Å². The number of hydrogen-bond acceptors (Lipinski definition) is 4. The molecule has 0 saturated heterocycles. The van der Waals surface area contributed by atoms with Crippen molar-refractivity contribution < 1.29 is 14.3 Å². The second kappa shape index (κ2) is 5.16. The molecule has 0 amide bonds. The largest absolute Gasteiger partial charge is 0.486 e. The summed E-state index contributed by atoms with van der Waals surface area (Å²) in [5.74, 6) is 1.62. The monoisotopic (exact) mass is 251 g/mol. The van der Waals surface area contributed by atoms with Gasteiger partial charge in [0.1, 0.15) is 13.2 Å². The standard InChI is InChI=1S/C14H21NO3/c1-10(15-18-14(2,3)4)11-5-6-12-13(9-11)17-8-7-16-12/h5-6,9-10,15H,7-8H2,1-4H3. The summed E-state index contributed by atoms with van der Waals surface area (Å²) in [4.78, 5) is 5.57. The molecule has 1 aromatic rings. The topological polar surface area (TPSA) is 39.7 Å². The third-order valence-corrected chi connectivity index (χ3v) is 2.61. The number of hydroxylamine groups is 1. The van der Waals surface area contributed by atoms with Crippen molar-refractivity contribution >= 4 is 0 Å². The van der Waals surface area contributed by atoms with Crippen LogP contribution in [0.15, 0.2) is 18.2 Å². The quantitative estimate of drug-likeness (QED) is 0.839. The van der Waals surface area contributed by atoms with Gasteiger partial charge < -0.3 is 9.47 Å². The fourth-order valence-electron chi connectivity index (χ4n) is 1.66. The lowest BCUT2D eigenvalue weighted by molar-refractivity contribution is -0.0866. The molecule has 0 bridgehead atoms. The van der Waals surface area contributed by atoms with Crippen LogP contribution in [0.25, 0.3) is 0 Å². The first-order valence-electron chi connectivity index (χ1n) is 6.29. The molecule has 0 aromatic heterocycles. The number of ether oxygens (including phenoxy) is 2. The molecule has 1 N–H and O–H groups in total. The van der Waals surface area contributed by atoms with Gasteiger partial charge in [-0.25, -0.2) is 0 Å². The van der Waals surface area contributed by atoms with Crippen LogP contribution >= 0.6 is 0 Å². The molecular formula is C14H21NO3. The SMILES string of the molecule is CC(NOC(C)(C)C)c1ccc2c(c1)OCCO2. The Morgan fingerprint density at radius 2 is 1.83 bits per heavy atom. The molecule has 0 saturated carbocycles. The number of rotatable bonds is 3. The highest BCUT2D eigenvalue weighted by Gasteiger charge is 2.16. The third-order valence-electron chi connectivity index (χ3n) is 2.61. The van der Waals surface area contributed by atoms with Gasteiger partial charge in [0.25, 0.3) is 0 Å². The van der Waals surface area contributed by atoms with Gasteiger partial charge in [-0.05, 0) is 45.4 Å². The Hall–Kier alpha value is -1.26. The fraction of sp³-hybridized carbons (Fsp3) is 0.571. The fourth-order valence-corrected chi connectivity index (χ4v) is 1.66. The zero-order chi connectivity index (χ0) is 13.2. The van der Waals surface area contributed by atoms with Crippen molar-refractivity contribution in [1.82, 2.24) is 5.48 Å². The van der Waals surface area contributed by atoms with Gasteiger partial charge in [0, 0.05) is 0 Å². The first-order valence-corrected chi connectivity index (χ1v) is 6.29. The minimum atomic E-state index is -0.206. The van der Waals surface area contributed by atoms with Gasteiger partial charge in [-0.1, -0.05) is 6.07 Å². The van der Waals surface area contributed by atoms with Gasteiger partial charge in [0.2, 0.25) is 0 Å². The molecular weight excluding hydrogens is 230 g/mol. The van der Waals surface area contributed by atoms with Gasteiger partial charge in [0.15, 0.2) is 11.5 Å². The van der Waals surface area contributed by atoms with E-state index in [-0.39, 0.29) is 11.6 Å². The molecule has 18 heavy (non-hydrogen) atoms. The minimum absolute atomic E-state index is 0.0973. The van der Waals surface area contributed by atoms with Crippen LogP contribution in [-0.4, -0.2) is 18.8 Å². The minimum Gasteiger partial charge on any atom is -0.486 e. The Kier molecular flexibility index (Phi) is 3.78. The van der Waals surface area contributed by atoms with Crippen LogP contribution in [0.2, 0.25) is 0 Å². The number of fused-ring (bicyclic) bond motifs is 1. The van der Waals surface area contributed by atoms with Crippen LogP contribution in [0.1, 0.15) is 39.3 Å². The van der Waals surface area contributed by atoms with Crippen LogP contribution in [-0.2, 0) is 4.84 Å². The Labute approximate surface area is 108 Å². The maximum atomic E-state index is 5.57. The van der Waals surface area contributed by atoms with E-state index in [1.807, 2.05) is 39.0 Å². The van der Waals surface area contributed by atoms with Gasteiger partial charge in [-0.2, -0.15) is 5.48 Å². The summed E-state index contributed by atoms with van der Waals surface area (Å²) >= 11 is 0. The molecule has 1 aliphatic heterocycles. The molecule has 0 fully saturated rings. The summed E-state index contributed by atoms with van der Waals surface area (Å²) in [5, 5.41) is 0. The molecule has 0 radical (unpaired) electrons. The van der Waals surface area contributed by atoms with E-state index in [0.717, 1.165) is 17.1 Å². The average Bonchev–Trinajstić information content (AvgIpc) is 2.34. The molecule has 0 spiro atoms. The molecule has 4 nitrogen and oxygen atoms in total. The highest BCUT2D eigenvalue weighted by Crippen LogP contribution is 2.32. The molecule has 1 aromatic carbocycles. The lowest BCUT2D eigenvalue weighted by atomic mass is 10.1. The van der Waals surface area contributed by atoms with E-state index >= 15 is 0 Å². The molecule has 2 rings (SSSR count). The second-order valence-corrected chi connectivity index (χ2v) is 5.46. The molecule has 1 atom stereocenters. The highest BCUT2D eigenvalue weighted by atomic mass is 16.7. The van der Waals surface area contributed by atoms with E-state index in [4.69, 9.17) is 14.3 Å². The molecule has 1 unspecified atom stereocenters. The number of hydrogen-bond donors (Lipinski definition) is 1. The van der Waals surface area contributed by atoms with E-state index in [0.29, 0.717) is 13.2 Å². The van der Waals surface area contributed by atoms with Crippen molar-refractivity contribution in [3.05, 3.63) is 23.8 Å². The van der Waals surface area contributed by atoms with Crippen LogP contribution in [0.5, 0.6) is 11.5 Å². The van der Waals surface area contributed by atoms with Gasteiger partial charge in [-0.3, -0.25) is 4.84 Å². The van der Waals surface area contributed by atoms with E-state index in [1.165, 1.54) is 0 Å². The normalized spacial score (nSPS) is 16.4. The molecule has 1 aliphatic rings. The van der Waals surface area contributed by atoms with Crippen LogP contribution in [0.4, 0.5) is 0 Å². The molecule has 0 aliphatic carbocycles. The van der Waals surface area contributed by atoms with Crippen molar-refractivity contribution in [3.8, 4) is 11.5 Å². The van der Waals surface area contributed by atoms with E-state index in [9.17, 15) is 0 Å². The number of nitrogens with one attached hydrogen (secondary N) is 1. The summed E-state index contributed by atoms with van der Waals surface area (Å²) in [6.07, 6.45) is 0. The smallest absolute Gasteiger partial charge is 0.161 e. The first-order chi connectivity index (χ1) is 8.46. The van der Waals surface area contributed by atoms with E-state index < -0.39 is 0 Å². The predicted octanol–water partition coefficient (Wildman–Crippen LogP) is 2.84. The van der Waals surface area contributed by atoms with Crippen molar-refractivity contribution in [2.75, 3.05) is 13.2 Å². The Balaban J connectivity index is 2.04. The Bertz CT molecular complexity index is 412. The third kappa shape index (κ3) is 3.37. The van der Waals surface area contributed by atoms with Crippen molar-refractivity contribution in [2.24, 2.45) is 0 Å². The lowest BCUT2D eigenvalue weighted by Crippen LogP contribution is -2.31. The Morgan fingerprint density at radius 1 is 1.17 bits per heavy atom. The van der Waals surface area contributed by atoms with E-state index in [1.54, 1.807) is 0 Å². The predicted molar refractivity (Wildman–Crippen MR) is 69.8 cm³/mol. The second-order valence-electron chi connectivity index (χ2n) is 5.46.